The van der Waals surface area contributed by atoms with Crippen LogP contribution in [0.25, 0.3) is 28.2 Å². The van der Waals surface area contributed by atoms with E-state index < -0.39 is 11.2 Å². The molecule has 1 N–H and O–H groups in total. The maximum Gasteiger partial charge on any atom is 0.336 e. The van der Waals surface area contributed by atoms with Crippen molar-refractivity contribution in [2.75, 3.05) is 0 Å². The number of benzene rings is 2. The van der Waals surface area contributed by atoms with E-state index >= 15 is 0 Å². The fraction of sp³-hybridized carbons (Fsp3) is 0.333. The lowest BCUT2D eigenvalue weighted by molar-refractivity contribution is 0.0902. The topological polar surface area (TPSA) is 76.7 Å². The molecule has 2 unspecified atom stereocenters. The monoisotopic (exact) mass is 472 g/mol. The van der Waals surface area contributed by atoms with Gasteiger partial charge < -0.3 is 14.3 Å². The third-order valence-electron chi connectivity index (χ3n) is 6.67. The Labute approximate surface area is 205 Å². The second-order valence-corrected chi connectivity index (χ2v) is 9.76. The Bertz CT molecular complexity index is 1390. The maximum absolute atomic E-state index is 13.6. The summed E-state index contributed by atoms with van der Waals surface area (Å²) in [4.78, 5) is 26.2. The zero-order valence-corrected chi connectivity index (χ0v) is 21.0. The van der Waals surface area contributed by atoms with Gasteiger partial charge in [-0.2, -0.15) is 0 Å². The second-order valence-electron chi connectivity index (χ2n) is 9.76. The number of Topliss-reactive ketones (excluding diaryl/α,β-unsaturated/α-hetero) is 1. The van der Waals surface area contributed by atoms with Crippen molar-refractivity contribution in [2.24, 2.45) is 5.92 Å². The summed E-state index contributed by atoms with van der Waals surface area (Å²) in [5.41, 5.74) is 2.12. The van der Waals surface area contributed by atoms with Crippen LogP contribution in [0.3, 0.4) is 0 Å². The van der Waals surface area contributed by atoms with E-state index in [4.69, 9.17) is 9.15 Å². The lowest BCUT2D eigenvalue weighted by Gasteiger charge is -2.33. The molecule has 35 heavy (non-hydrogen) atoms. The van der Waals surface area contributed by atoms with Gasteiger partial charge >= 0.3 is 5.63 Å². The molecular weight excluding hydrogens is 440 g/mol. The van der Waals surface area contributed by atoms with Gasteiger partial charge in [-0.1, -0.05) is 55.8 Å². The quantitative estimate of drug-likeness (QED) is 0.222. The zero-order chi connectivity index (χ0) is 25.3. The van der Waals surface area contributed by atoms with Crippen LogP contribution >= 0.6 is 0 Å². The van der Waals surface area contributed by atoms with Gasteiger partial charge in [0.05, 0.1) is 10.9 Å². The van der Waals surface area contributed by atoms with Gasteiger partial charge in [-0.05, 0) is 57.7 Å². The summed E-state index contributed by atoms with van der Waals surface area (Å²) in [5, 5.41) is 11.9. The molecular formula is C30H32O5. The highest BCUT2D eigenvalue weighted by atomic mass is 16.5. The number of phenols is 1. The van der Waals surface area contributed by atoms with E-state index in [2.05, 4.69) is 19.9 Å². The third kappa shape index (κ3) is 4.68. The van der Waals surface area contributed by atoms with Crippen LogP contribution in [-0.2, 0) is 0 Å². The van der Waals surface area contributed by atoms with E-state index in [-0.39, 0.29) is 34.3 Å². The van der Waals surface area contributed by atoms with Gasteiger partial charge in [-0.3, -0.25) is 4.79 Å². The van der Waals surface area contributed by atoms with E-state index in [9.17, 15) is 14.7 Å². The summed E-state index contributed by atoms with van der Waals surface area (Å²) in [6, 6.07) is 10.7. The Morgan fingerprint density at radius 3 is 2.57 bits per heavy atom. The average molecular weight is 473 g/mol. The minimum absolute atomic E-state index is 0.144. The van der Waals surface area contributed by atoms with Crippen molar-refractivity contribution in [2.45, 2.75) is 59.5 Å². The summed E-state index contributed by atoms with van der Waals surface area (Å²) >= 11 is 0. The molecule has 182 valence electrons. The number of carbonyl (C=O) groups is 1. The van der Waals surface area contributed by atoms with E-state index in [0.717, 1.165) is 12.0 Å². The van der Waals surface area contributed by atoms with Crippen LogP contribution < -0.4 is 10.4 Å². The summed E-state index contributed by atoms with van der Waals surface area (Å²) in [6.07, 6.45) is 8.06. The SMILES string of the molecule is CCC(C)C(=O)c1c2c(c3oc(=O)cc(-c4ccccc4)c3c1O)C=CC(C)(CCC=C(C)C)O2. The summed E-state index contributed by atoms with van der Waals surface area (Å²) in [7, 11) is 0. The molecule has 1 aliphatic rings. The summed E-state index contributed by atoms with van der Waals surface area (Å²) in [5.74, 6) is -0.454. The van der Waals surface area contributed by atoms with E-state index in [1.165, 1.54) is 11.6 Å². The zero-order valence-electron chi connectivity index (χ0n) is 21.0. The van der Waals surface area contributed by atoms with Crippen LogP contribution in [-0.4, -0.2) is 16.5 Å². The lowest BCUT2D eigenvalue weighted by Crippen LogP contribution is -2.33. The van der Waals surface area contributed by atoms with Crippen LogP contribution in [0.1, 0.15) is 69.8 Å². The molecule has 3 aromatic rings. The second kappa shape index (κ2) is 9.57. The first-order chi connectivity index (χ1) is 16.6. The number of rotatable bonds is 7. The number of ketones is 1. The van der Waals surface area contributed by atoms with Crippen LogP contribution in [0.15, 0.2) is 63.3 Å². The smallest absolute Gasteiger partial charge is 0.336 e. The highest BCUT2D eigenvalue weighted by molar-refractivity contribution is 6.13. The molecule has 2 aromatic carbocycles. The van der Waals surface area contributed by atoms with Crippen molar-refractivity contribution >= 4 is 22.8 Å². The first-order valence-electron chi connectivity index (χ1n) is 12.1. The number of carbonyl (C=O) groups excluding carboxylic acids is 1. The van der Waals surface area contributed by atoms with Crippen molar-refractivity contribution in [3.05, 3.63) is 75.7 Å². The van der Waals surface area contributed by atoms with Crippen LogP contribution in [0, 0.1) is 5.92 Å². The van der Waals surface area contributed by atoms with Gasteiger partial charge in [0.25, 0.3) is 0 Å². The lowest BCUT2D eigenvalue weighted by atomic mass is 9.87. The molecule has 0 fully saturated rings. The first kappa shape index (κ1) is 24.5. The van der Waals surface area contributed by atoms with Crippen LogP contribution in [0.5, 0.6) is 11.5 Å². The molecule has 0 spiro atoms. The molecule has 0 saturated heterocycles. The fourth-order valence-electron chi connectivity index (χ4n) is 4.46. The predicted molar refractivity (Wildman–Crippen MR) is 140 cm³/mol. The molecule has 1 aliphatic heterocycles. The van der Waals surface area contributed by atoms with Gasteiger partial charge in [0, 0.05) is 17.5 Å². The largest absolute Gasteiger partial charge is 0.506 e. The van der Waals surface area contributed by atoms with E-state index in [0.29, 0.717) is 29.4 Å². The van der Waals surface area contributed by atoms with Crippen molar-refractivity contribution < 1.29 is 19.1 Å². The minimum Gasteiger partial charge on any atom is -0.506 e. The number of allylic oxidation sites excluding steroid dienone is 2. The fourth-order valence-corrected chi connectivity index (χ4v) is 4.46. The van der Waals surface area contributed by atoms with E-state index in [1.54, 1.807) is 0 Å². The first-order valence-corrected chi connectivity index (χ1v) is 12.1. The van der Waals surface area contributed by atoms with Crippen molar-refractivity contribution in [3.63, 3.8) is 0 Å². The molecule has 0 aliphatic carbocycles. The number of ether oxygens (including phenoxy) is 1. The number of hydrogen-bond acceptors (Lipinski definition) is 5. The standard InChI is InChI=1S/C30H32O5/c1-6-19(4)26(32)25-27(33)24-22(20-12-8-7-9-13-20)17-23(31)34-28(24)21-14-16-30(5,35-29(21)25)15-10-11-18(2)3/h7-9,11-14,16-17,19,33H,6,10,15H2,1-5H3. The molecule has 5 heteroatoms. The molecule has 5 nitrogen and oxygen atoms in total. The predicted octanol–water partition coefficient (Wildman–Crippen LogP) is 7.31. The van der Waals surface area contributed by atoms with Crippen LogP contribution in [0.2, 0.25) is 0 Å². The highest BCUT2D eigenvalue weighted by Crippen LogP contribution is 2.48. The Kier molecular flexibility index (Phi) is 6.70. The van der Waals surface area contributed by atoms with Gasteiger partial charge in [0.1, 0.15) is 22.7 Å². The highest BCUT2D eigenvalue weighted by Gasteiger charge is 2.36. The Morgan fingerprint density at radius 2 is 1.91 bits per heavy atom. The van der Waals surface area contributed by atoms with Crippen LogP contribution in [0.4, 0.5) is 0 Å². The molecule has 0 bridgehead atoms. The third-order valence-corrected chi connectivity index (χ3v) is 6.67. The Hall–Kier alpha value is -3.60. The number of hydrogen-bond donors (Lipinski definition) is 1. The van der Waals surface area contributed by atoms with Gasteiger partial charge in [-0.15, -0.1) is 0 Å². The molecule has 2 atom stereocenters. The molecule has 4 rings (SSSR count). The minimum atomic E-state index is -0.680. The summed E-state index contributed by atoms with van der Waals surface area (Å²) < 4.78 is 12.1. The summed E-state index contributed by atoms with van der Waals surface area (Å²) in [6.45, 7) is 9.84. The van der Waals surface area contributed by atoms with E-state index in [1.807, 2.05) is 63.3 Å². The average Bonchev–Trinajstić information content (AvgIpc) is 2.83. The number of phenolic OH excluding ortho intramolecular Hbond substituents is 1. The normalized spacial score (nSPS) is 17.5. The van der Waals surface area contributed by atoms with Crippen molar-refractivity contribution in [3.8, 4) is 22.6 Å². The Morgan fingerprint density at radius 1 is 1.20 bits per heavy atom. The van der Waals surface area contributed by atoms with Gasteiger partial charge in [0.2, 0.25) is 0 Å². The molecule has 2 heterocycles. The maximum atomic E-state index is 13.6. The van der Waals surface area contributed by atoms with Gasteiger partial charge in [0.15, 0.2) is 11.4 Å². The van der Waals surface area contributed by atoms with Crippen molar-refractivity contribution in [1.82, 2.24) is 0 Å². The molecule has 0 saturated carbocycles. The van der Waals surface area contributed by atoms with Gasteiger partial charge in [-0.25, -0.2) is 4.79 Å². The Balaban J connectivity index is 2.02. The molecule has 1 aromatic heterocycles. The number of aromatic hydroxyl groups is 1. The van der Waals surface area contributed by atoms with Crippen molar-refractivity contribution in [1.29, 1.82) is 0 Å². The number of fused-ring (bicyclic) bond motifs is 3. The molecule has 0 radical (unpaired) electrons. The molecule has 0 amide bonds.